The zero-order chi connectivity index (χ0) is 19.8. The number of nitrogens with zero attached hydrogens (tertiary/aromatic N) is 1. The minimum Gasteiger partial charge on any atom is -0.497 e. The molecule has 0 aliphatic heterocycles. The van der Waals surface area contributed by atoms with Crippen molar-refractivity contribution in [2.75, 3.05) is 13.7 Å². The number of hydrogen-bond donors (Lipinski definition) is 1. The molecule has 0 aliphatic carbocycles. The summed E-state index contributed by atoms with van der Waals surface area (Å²) in [4.78, 5) is 16.7. The van der Waals surface area contributed by atoms with Crippen molar-refractivity contribution in [3.8, 4) is 22.1 Å². The summed E-state index contributed by atoms with van der Waals surface area (Å²) in [6.07, 6.45) is 1.08. The first kappa shape index (κ1) is 19.9. The predicted molar refractivity (Wildman–Crippen MR) is 112 cm³/mol. The van der Waals surface area contributed by atoms with Gasteiger partial charge < -0.3 is 14.8 Å². The van der Waals surface area contributed by atoms with Crippen LogP contribution in [0.4, 0.5) is 0 Å². The van der Waals surface area contributed by atoms with Crippen molar-refractivity contribution >= 4 is 17.2 Å². The summed E-state index contributed by atoms with van der Waals surface area (Å²) in [6.45, 7) is 3.01. The Kier molecular flexibility index (Phi) is 7.03. The Bertz CT molecular complexity index is 906. The normalized spacial score (nSPS) is 10.5. The van der Waals surface area contributed by atoms with Gasteiger partial charge in [-0.1, -0.05) is 24.3 Å². The van der Waals surface area contributed by atoms with Crippen molar-refractivity contribution in [3.05, 3.63) is 65.2 Å². The van der Waals surface area contributed by atoms with Crippen molar-refractivity contribution in [3.63, 3.8) is 0 Å². The van der Waals surface area contributed by atoms with Crippen LogP contribution in [-0.4, -0.2) is 24.6 Å². The molecule has 3 aromatic rings. The van der Waals surface area contributed by atoms with E-state index in [2.05, 4.69) is 29.4 Å². The fourth-order valence-corrected chi connectivity index (χ4v) is 3.61. The molecule has 0 saturated carbocycles. The lowest BCUT2D eigenvalue weighted by molar-refractivity contribution is -0.121. The Morgan fingerprint density at radius 1 is 1.11 bits per heavy atom. The number of ether oxygens (including phenoxy) is 2. The molecule has 0 radical (unpaired) electrons. The number of carbonyl (C=O) groups excluding carboxylic acids is 1. The first-order chi connectivity index (χ1) is 13.7. The highest BCUT2D eigenvalue weighted by Gasteiger charge is 2.08. The largest absolute Gasteiger partial charge is 0.497 e. The molecule has 0 bridgehead atoms. The van der Waals surface area contributed by atoms with Crippen LogP contribution in [0.3, 0.4) is 0 Å². The van der Waals surface area contributed by atoms with Crippen molar-refractivity contribution in [1.29, 1.82) is 0 Å². The van der Waals surface area contributed by atoms with Crippen LogP contribution in [0.2, 0.25) is 0 Å². The van der Waals surface area contributed by atoms with Crippen LogP contribution < -0.4 is 14.8 Å². The average Bonchev–Trinajstić information content (AvgIpc) is 3.19. The molecule has 0 saturated heterocycles. The Hall–Kier alpha value is -2.86. The standard InChI is InChI=1S/C22H24N2O3S/c1-16-6-3-4-7-20(16)22-24-17(15-28-22)14-23-21(25)8-5-13-27-19-11-9-18(26-2)10-12-19/h3-4,6-7,9-12,15H,5,8,13-14H2,1-2H3,(H,23,25). The quantitative estimate of drug-likeness (QED) is 0.537. The lowest BCUT2D eigenvalue weighted by Gasteiger charge is -2.07. The number of methoxy groups -OCH3 is 1. The number of amides is 1. The Morgan fingerprint density at radius 3 is 2.61 bits per heavy atom. The second-order valence-corrected chi connectivity index (χ2v) is 7.22. The molecule has 0 atom stereocenters. The fourth-order valence-electron chi connectivity index (χ4n) is 2.70. The van der Waals surface area contributed by atoms with Crippen LogP contribution in [0, 0.1) is 6.92 Å². The van der Waals surface area contributed by atoms with Gasteiger partial charge >= 0.3 is 0 Å². The highest BCUT2D eigenvalue weighted by molar-refractivity contribution is 7.13. The minimum absolute atomic E-state index is 0.00349. The molecule has 0 spiro atoms. The van der Waals surface area contributed by atoms with E-state index in [4.69, 9.17) is 9.47 Å². The minimum atomic E-state index is 0.00349. The molecular formula is C22H24N2O3S. The van der Waals surface area contributed by atoms with Crippen molar-refractivity contribution < 1.29 is 14.3 Å². The number of hydrogen-bond acceptors (Lipinski definition) is 5. The van der Waals surface area contributed by atoms with Gasteiger partial charge in [0.2, 0.25) is 5.91 Å². The summed E-state index contributed by atoms with van der Waals surface area (Å²) in [5.74, 6) is 1.57. The van der Waals surface area contributed by atoms with E-state index in [-0.39, 0.29) is 5.91 Å². The molecule has 146 valence electrons. The van der Waals surface area contributed by atoms with E-state index in [1.807, 2.05) is 41.8 Å². The van der Waals surface area contributed by atoms with E-state index < -0.39 is 0 Å². The lowest BCUT2D eigenvalue weighted by atomic mass is 10.1. The van der Waals surface area contributed by atoms with Crippen molar-refractivity contribution in [1.82, 2.24) is 10.3 Å². The summed E-state index contributed by atoms with van der Waals surface area (Å²) >= 11 is 1.60. The molecule has 0 fully saturated rings. The molecule has 1 heterocycles. The van der Waals surface area contributed by atoms with Gasteiger partial charge in [0, 0.05) is 17.4 Å². The number of rotatable bonds is 9. The monoisotopic (exact) mass is 396 g/mol. The molecule has 1 aromatic heterocycles. The van der Waals surface area contributed by atoms with Gasteiger partial charge in [-0.15, -0.1) is 11.3 Å². The molecule has 1 N–H and O–H groups in total. The van der Waals surface area contributed by atoms with E-state index in [1.165, 1.54) is 5.56 Å². The first-order valence-corrected chi connectivity index (χ1v) is 10.1. The second kappa shape index (κ2) is 9.90. The van der Waals surface area contributed by atoms with E-state index in [1.54, 1.807) is 18.4 Å². The molecule has 28 heavy (non-hydrogen) atoms. The Balaban J connectivity index is 1.38. The van der Waals surface area contributed by atoms with Gasteiger partial charge in [0.1, 0.15) is 16.5 Å². The zero-order valence-electron chi connectivity index (χ0n) is 16.1. The summed E-state index contributed by atoms with van der Waals surface area (Å²) < 4.78 is 10.7. The number of aryl methyl sites for hydroxylation is 1. The summed E-state index contributed by atoms with van der Waals surface area (Å²) in [7, 11) is 1.63. The van der Waals surface area contributed by atoms with Gasteiger partial charge in [0.05, 0.1) is 26.0 Å². The summed E-state index contributed by atoms with van der Waals surface area (Å²) in [5.41, 5.74) is 3.22. The maximum Gasteiger partial charge on any atom is 0.220 e. The van der Waals surface area contributed by atoms with Crippen LogP contribution in [0.5, 0.6) is 11.5 Å². The smallest absolute Gasteiger partial charge is 0.220 e. The van der Waals surface area contributed by atoms with E-state index >= 15 is 0 Å². The number of carbonyl (C=O) groups is 1. The molecule has 0 unspecified atom stereocenters. The maximum atomic E-state index is 12.0. The van der Waals surface area contributed by atoms with E-state index in [0.29, 0.717) is 26.0 Å². The van der Waals surface area contributed by atoms with Crippen LogP contribution in [0.1, 0.15) is 24.1 Å². The summed E-state index contributed by atoms with van der Waals surface area (Å²) in [5, 5.41) is 5.90. The van der Waals surface area contributed by atoms with Gasteiger partial charge in [-0.3, -0.25) is 4.79 Å². The highest BCUT2D eigenvalue weighted by Crippen LogP contribution is 2.26. The third kappa shape index (κ3) is 5.57. The van der Waals surface area contributed by atoms with Crippen LogP contribution >= 0.6 is 11.3 Å². The number of nitrogens with one attached hydrogen (secondary N) is 1. The van der Waals surface area contributed by atoms with Crippen LogP contribution in [-0.2, 0) is 11.3 Å². The number of thiazole rings is 1. The third-order valence-electron chi connectivity index (χ3n) is 4.27. The molecule has 0 aliphatic rings. The topological polar surface area (TPSA) is 60.5 Å². The predicted octanol–water partition coefficient (Wildman–Crippen LogP) is 4.60. The molecule has 2 aromatic carbocycles. The van der Waals surface area contributed by atoms with Gasteiger partial charge in [0.25, 0.3) is 0 Å². The number of benzene rings is 2. The van der Waals surface area contributed by atoms with Gasteiger partial charge in [0.15, 0.2) is 0 Å². The molecule has 3 rings (SSSR count). The van der Waals surface area contributed by atoms with Gasteiger partial charge in [-0.2, -0.15) is 0 Å². The van der Waals surface area contributed by atoms with Crippen LogP contribution in [0.25, 0.3) is 10.6 Å². The molecule has 5 nitrogen and oxygen atoms in total. The molecule has 6 heteroatoms. The third-order valence-corrected chi connectivity index (χ3v) is 5.19. The molecular weight excluding hydrogens is 372 g/mol. The van der Waals surface area contributed by atoms with E-state index in [9.17, 15) is 4.79 Å². The molecule has 1 amide bonds. The second-order valence-electron chi connectivity index (χ2n) is 6.36. The van der Waals surface area contributed by atoms with Crippen molar-refractivity contribution in [2.24, 2.45) is 0 Å². The summed E-state index contributed by atoms with van der Waals surface area (Å²) in [6, 6.07) is 15.6. The maximum absolute atomic E-state index is 12.0. The zero-order valence-corrected chi connectivity index (χ0v) is 16.9. The lowest BCUT2D eigenvalue weighted by Crippen LogP contribution is -2.23. The fraction of sp³-hybridized carbons (Fsp3) is 0.273. The average molecular weight is 397 g/mol. The van der Waals surface area contributed by atoms with Gasteiger partial charge in [-0.25, -0.2) is 4.98 Å². The van der Waals surface area contributed by atoms with E-state index in [0.717, 1.165) is 27.8 Å². The Labute approximate surface area is 169 Å². The Morgan fingerprint density at radius 2 is 1.86 bits per heavy atom. The highest BCUT2D eigenvalue weighted by atomic mass is 32.1. The van der Waals surface area contributed by atoms with Gasteiger partial charge in [-0.05, 0) is 43.2 Å². The van der Waals surface area contributed by atoms with Crippen LogP contribution in [0.15, 0.2) is 53.9 Å². The SMILES string of the molecule is COc1ccc(OCCCC(=O)NCc2csc(-c3ccccc3C)n2)cc1. The first-order valence-electron chi connectivity index (χ1n) is 9.19. The number of aromatic nitrogens is 1. The van der Waals surface area contributed by atoms with Crippen molar-refractivity contribution in [2.45, 2.75) is 26.3 Å².